The van der Waals surface area contributed by atoms with Gasteiger partial charge in [-0.05, 0) is 93.7 Å². The van der Waals surface area contributed by atoms with Crippen LogP contribution in [-0.2, 0) is 4.79 Å². The van der Waals surface area contributed by atoms with Gasteiger partial charge in [0.25, 0.3) is 0 Å². The van der Waals surface area contributed by atoms with Crippen LogP contribution in [0, 0.1) is 30.1 Å². The van der Waals surface area contributed by atoms with Crippen molar-refractivity contribution in [2.45, 2.75) is 64.2 Å². The van der Waals surface area contributed by atoms with Crippen LogP contribution in [0.3, 0.4) is 0 Å². The number of rotatable bonds is 3. The molecule has 0 unspecified atom stereocenters. The third-order valence-corrected chi connectivity index (χ3v) is 10.4. The topological polar surface area (TPSA) is 33.2 Å². The first kappa shape index (κ1) is 20.4. The van der Waals surface area contributed by atoms with Gasteiger partial charge in [0.1, 0.15) is 0 Å². The predicted molar refractivity (Wildman–Crippen MR) is 129 cm³/mol. The summed E-state index contributed by atoms with van der Waals surface area (Å²) in [7, 11) is 0. The monoisotopic (exact) mass is 498 g/mol. The van der Waals surface area contributed by atoms with Crippen molar-refractivity contribution in [1.82, 2.24) is 9.88 Å². The molecule has 3 nitrogen and oxygen atoms in total. The van der Waals surface area contributed by atoms with Crippen LogP contribution in [-0.4, -0.2) is 28.9 Å². The summed E-state index contributed by atoms with van der Waals surface area (Å²) >= 11 is 5.38. The van der Waals surface area contributed by atoms with Gasteiger partial charge in [-0.2, -0.15) is 0 Å². The highest BCUT2D eigenvalue weighted by Gasteiger charge is 2.55. The number of hydrogen-bond acceptors (Lipinski definition) is 3. The number of carbonyl (C=O) groups is 1. The molecule has 1 aromatic carbocycles. The van der Waals surface area contributed by atoms with E-state index in [0.717, 1.165) is 53.9 Å². The minimum absolute atomic E-state index is 0.00805. The van der Waals surface area contributed by atoms with Crippen molar-refractivity contribution in [3.8, 4) is 10.4 Å². The molecule has 0 atom stereocenters. The summed E-state index contributed by atoms with van der Waals surface area (Å²) in [5.41, 5.74) is 2.39. The van der Waals surface area contributed by atoms with Crippen LogP contribution in [0.4, 0.5) is 0 Å². The van der Waals surface area contributed by atoms with Gasteiger partial charge in [-0.3, -0.25) is 4.79 Å². The lowest BCUT2D eigenvalue weighted by molar-refractivity contribution is -0.158. The first-order valence-electron chi connectivity index (χ1n) is 12.0. The molecule has 5 aliphatic rings. The number of thiazole rings is 1. The maximum absolute atomic E-state index is 13.7. The van der Waals surface area contributed by atoms with E-state index in [1.807, 2.05) is 11.3 Å². The van der Waals surface area contributed by atoms with Crippen molar-refractivity contribution in [1.29, 1.82) is 0 Å². The van der Waals surface area contributed by atoms with Gasteiger partial charge < -0.3 is 4.90 Å². The Hall–Kier alpha value is -1.20. The Labute approximate surface area is 197 Å². The Bertz CT molecular complexity index is 954. The third-order valence-electron chi connectivity index (χ3n) is 8.54. The molecule has 1 amide bonds. The molecule has 164 valence electrons. The number of aryl methyl sites for hydroxylation is 1. The molecule has 5 fully saturated rings. The van der Waals surface area contributed by atoms with E-state index < -0.39 is 0 Å². The van der Waals surface area contributed by atoms with Crippen LogP contribution in [0.25, 0.3) is 10.4 Å². The van der Waals surface area contributed by atoms with Crippen LogP contribution in [0.15, 0.2) is 28.7 Å². The summed E-state index contributed by atoms with van der Waals surface area (Å²) in [5.74, 6) is 3.51. The molecule has 4 saturated carbocycles. The fourth-order valence-electron chi connectivity index (χ4n) is 7.50. The molecule has 1 aromatic heterocycles. The summed E-state index contributed by atoms with van der Waals surface area (Å²) in [4.78, 5) is 22.2. The smallest absolute Gasteiger partial charge is 0.228 e. The first-order chi connectivity index (χ1) is 15.0. The molecule has 4 bridgehead atoms. The molecular formula is C26H31BrN2OS. The zero-order valence-corrected chi connectivity index (χ0v) is 20.7. The lowest BCUT2D eigenvalue weighted by Crippen LogP contribution is -2.55. The van der Waals surface area contributed by atoms with Crippen molar-refractivity contribution in [3.63, 3.8) is 0 Å². The quantitative estimate of drug-likeness (QED) is 0.465. The van der Waals surface area contributed by atoms with Gasteiger partial charge in [0.2, 0.25) is 5.91 Å². The summed E-state index contributed by atoms with van der Waals surface area (Å²) in [6.07, 6.45) is 9.87. The van der Waals surface area contributed by atoms with Crippen LogP contribution in [0.1, 0.15) is 68.0 Å². The molecule has 5 heteroatoms. The number of amides is 1. The molecule has 0 radical (unpaired) electrons. The third kappa shape index (κ3) is 3.60. The Morgan fingerprint density at radius 1 is 1.03 bits per heavy atom. The molecular weight excluding hydrogens is 468 g/mol. The molecule has 4 aliphatic carbocycles. The van der Waals surface area contributed by atoms with Crippen molar-refractivity contribution in [3.05, 3.63) is 39.4 Å². The fourth-order valence-corrected chi connectivity index (χ4v) is 9.00. The number of piperidine rings is 1. The van der Waals surface area contributed by atoms with E-state index in [1.54, 1.807) is 0 Å². The molecule has 2 aromatic rings. The summed E-state index contributed by atoms with van der Waals surface area (Å²) < 4.78 is 1.11. The molecule has 7 rings (SSSR count). The second kappa shape index (κ2) is 7.69. The van der Waals surface area contributed by atoms with E-state index in [-0.39, 0.29) is 5.41 Å². The van der Waals surface area contributed by atoms with E-state index in [2.05, 4.69) is 52.0 Å². The van der Waals surface area contributed by atoms with Crippen LogP contribution < -0.4 is 0 Å². The van der Waals surface area contributed by atoms with Gasteiger partial charge in [0.05, 0.1) is 21.0 Å². The SMILES string of the molecule is Cc1nc(C2CCN(C(=O)C34CC5CC(CC(C5)C3)C4)CC2)sc1-c1ccc(Br)cc1. The number of aromatic nitrogens is 1. The van der Waals surface area contributed by atoms with Crippen LogP contribution >= 0.6 is 27.3 Å². The lowest BCUT2D eigenvalue weighted by Gasteiger charge is -2.57. The van der Waals surface area contributed by atoms with Crippen molar-refractivity contribution >= 4 is 33.2 Å². The number of halogens is 1. The van der Waals surface area contributed by atoms with Gasteiger partial charge >= 0.3 is 0 Å². The highest BCUT2D eigenvalue weighted by Crippen LogP contribution is 2.60. The number of likely N-dealkylation sites (tertiary alicyclic amines) is 1. The number of nitrogens with zero attached hydrogens (tertiary/aromatic N) is 2. The zero-order valence-electron chi connectivity index (χ0n) is 18.3. The van der Waals surface area contributed by atoms with Gasteiger partial charge in [-0.25, -0.2) is 4.98 Å². The van der Waals surface area contributed by atoms with Crippen LogP contribution in [0.5, 0.6) is 0 Å². The first-order valence-corrected chi connectivity index (χ1v) is 13.6. The molecule has 31 heavy (non-hydrogen) atoms. The molecule has 1 saturated heterocycles. The number of hydrogen-bond donors (Lipinski definition) is 0. The van der Waals surface area contributed by atoms with E-state index in [1.165, 1.54) is 54.0 Å². The Morgan fingerprint density at radius 2 is 1.61 bits per heavy atom. The maximum Gasteiger partial charge on any atom is 0.228 e. The molecule has 2 heterocycles. The maximum atomic E-state index is 13.7. The van der Waals surface area contributed by atoms with Crippen LogP contribution in [0.2, 0.25) is 0 Å². The number of carbonyl (C=O) groups excluding carboxylic acids is 1. The van der Waals surface area contributed by atoms with Gasteiger partial charge in [0.15, 0.2) is 0 Å². The van der Waals surface area contributed by atoms with Crippen molar-refractivity contribution in [2.75, 3.05) is 13.1 Å². The summed E-state index contributed by atoms with van der Waals surface area (Å²) in [5, 5.41) is 1.26. The number of benzene rings is 1. The fraction of sp³-hybridized carbons (Fsp3) is 0.615. The molecule has 1 aliphatic heterocycles. The molecule has 0 N–H and O–H groups in total. The standard InChI is InChI=1S/C26H31BrN2OS/c1-16-23(20-2-4-22(27)5-3-20)31-24(28-16)21-6-8-29(9-7-21)25(30)26-13-17-10-18(14-26)12-19(11-17)15-26/h2-5,17-19,21H,6-15H2,1H3. The summed E-state index contributed by atoms with van der Waals surface area (Å²) in [6, 6.07) is 8.54. The largest absolute Gasteiger partial charge is 0.342 e. The van der Waals surface area contributed by atoms with Crippen molar-refractivity contribution in [2.24, 2.45) is 23.2 Å². The normalized spacial score (nSPS) is 32.6. The van der Waals surface area contributed by atoms with E-state index in [4.69, 9.17) is 4.98 Å². The minimum Gasteiger partial charge on any atom is -0.342 e. The highest BCUT2D eigenvalue weighted by atomic mass is 79.9. The average molecular weight is 500 g/mol. The lowest BCUT2D eigenvalue weighted by atomic mass is 9.49. The Balaban J connectivity index is 1.14. The Kier molecular flexibility index (Phi) is 5.06. The van der Waals surface area contributed by atoms with E-state index in [9.17, 15) is 4.79 Å². The van der Waals surface area contributed by atoms with Gasteiger partial charge in [-0.15, -0.1) is 11.3 Å². The van der Waals surface area contributed by atoms with E-state index >= 15 is 0 Å². The van der Waals surface area contributed by atoms with Gasteiger partial charge in [-0.1, -0.05) is 28.1 Å². The molecule has 0 spiro atoms. The highest BCUT2D eigenvalue weighted by molar-refractivity contribution is 9.10. The second-order valence-corrected chi connectivity index (χ2v) is 12.7. The van der Waals surface area contributed by atoms with E-state index in [0.29, 0.717) is 11.8 Å². The minimum atomic E-state index is 0.00805. The Morgan fingerprint density at radius 3 is 2.19 bits per heavy atom. The average Bonchev–Trinajstić information content (AvgIpc) is 3.14. The second-order valence-electron chi connectivity index (χ2n) is 10.7. The predicted octanol–water partition coefficient (Wildman–Crippen LogP) is 6.80. The van der Waals surface area contributed by atoms with Crippen molar-refractivity contribution < 1.29 is 4.79 Å². The summed E-state index contributed by atoms with van der Waals surface area (Å²) in [6.45, 7) is 3.96. The van der Waals surface area contributed by atoms with Gasteiger partial charge in [0, 0.05) is 23.5 Å². The zero-order chi connectivity index (χ0) is 21.2.